The van der Waals surface area contributed by atoms with Crippen molar-refractivity contribution in [1.82, 2.24) is 10.2 Å². The molecule has 0 aromatic heterocycles. The summed E-state index contributed by atoms with van der Waals surface area (Å²) in [6.07, 6.45) is 1.32. The second kappa shape index (κ2) is 7.25. The first kappa shape index (κ1) is 13.9. The minimum absolute atomic E-state index is 0.676. The molecule has 1 heterocycles. The Balaban J connectivity index is 2.35. The van der Waals surface area contributed by atoms with E-state index in [0.29, 0.717) is 6.04 Å². The van der Waals surface area contributed by atoms with E-state index in [1.807, 2.05) is 0 Å². The Morgan fingerprint density at radius 2 is 2.19 bits per heavy atom. The smallest absolute Gasteiger partial charge is 0.0589 e. The van der Waals surface area contributed by atoms with E-state index in [0.717, 1.165) is 25.0 Å². The molecule has 16 heavy (non-hydrogen) atoms. The van der Waals surface area contributed by atoms with E-state index in [9.17, 15) is 0 Å². The van der Waals surface area contributed by atoms with Crippen molar-refractivity contribution < 1.29 is 4.74 Å². The highest BCUT2D eigenvalue weighted by molar-refractivity contribution is 4.83. The normalized spacial score (nSPS) is 25.9. The number of ether oxygens (including phenoxy) is 1. The van der Waals surface area contributed by atoms with Crippen molar-refractivity contribution in [3.63, 3.8) is 0 Å². The van der Waals surface area contributed by atoms with Gasteiger partial charge in [-0.1, -0.05) is 20.8 Å². The average molecular weight is 228 g/mol. The van der Waals surface area contributed by atoms with Crippen LogP contribution in [0.5, 0.6) is 0 Å². The van der Waals surface area contributed by atoms with E-state index in [1.165, 1.54) is 26.1 Å². The van der Waals surface area contributed by atoms with E-state index in [1.54, 1.807) is 7.11 Å². The summed E-state index contributed by atoms with van der Waals surface area (Å²) in [4.78, 5) is 2.54. The predicted octanol–water partition coefficient (Wildman–Crippen LogP) is 1.59. The zero-order chi connectivity index (χ0) is 12.0. The van der Waals surface area contributed by atoms with Gasteiger partial charge in [0.15, 0.2) is 0 Å². The van der Waals surface area contributed by atoms with Crippen LogP contribution < -0.4 is 5.32 Å². The summed E-state index contributed by atoms with van der Waals surface area (Å²) in [7, 11) is 1.78. The molecule has 1 aliphatic heterocycles. The topological polar surface area (TPSA) is 24.5 Å². The van der Waals surface area contributed by atoms with Gasteiger partial charge in [-0.25, -0.2) is 0 Å². The average Bonchev–Trinajstić information content (AvgIpc) is 2.60. The van der Waals surface area contributed by atoms with Crippen LogP contribution in [0.4, 0.5) is 0 Å². The second-order valence-corrected chi connectivity index (χ2v) is 5.47. The molecule has 0 spiro atoms. The van der Waals surface area contributed by atoms with Crippen LogP contribution in [0.1, 0.15) is 27.2 Å². The highest BCUT2D eigenvalue weighted by Gasteiger charge is 2.24. The fraction of sp³-hybridized carbons (Fsp3) is 1.00. The van der Waals surface area contributed by atoms with Crippen LogP contribution in [-0.4, -0.2) is 50.8 Å². The maximum atomic E-state index is 5.18. The standard InChI is InChI=1S/C13H28N2O/c1-11(2)9-15(7-8-16-4)10-13-12(3)5-6-14-13/h11-14H,5-10H2,1-4H3. The second-order valence-electron chi connectivity index (χ2n) is 5.47. The monoisotopic (exact) mass is 228 g/mol. The Morgan fingerprint density at radius 1 is 1.44 bits per heavy atom. The van der Waals surface area contributed by atoms with Gasteiger partial charge in [-0.05, 0) is 24.8 Å². The molecular weight excluding hydrogens is 200 g/mol. The molecule has 0 amide bonds. The quantitative estimate of drug-likeness (QED) is 0.716. The van der Waals surface area contributed by atoms with Gasteiger partial charge in [0.05, 0.1) is 6.61 Å². The molecule has 3 heteroatoms. The molecule has 0 bridgehead atoms. The third-order valence-corrected chi connectivity index (χ3v) is 3.38. The molecule has 3 nitrogen and oxygen atoms in total. The van der Waals surface area contributed by atoms with Crippen LogP contribution in [0.2, 0.25) is 0 Å². The van der Waals surface area contributed by atoms with Crippen LogP contribution in [-0.2, 0) is 4.74 Å². The number of nitrogens with one attached hydrogen (secondary N) is 1. The van der Waals surface area contributed by atoms with E-state index in [2.05, 4.69) is 31.0 Å². The zero-order valence-electron chi connectivity index (χ0n) is 11.3. The van der Waals surface area contributed by atoms with Crippen molar-refractivity contribution >= 4 is 0 Å². The van der Waals surface area contributed by atoms with Gasteiger partial charge in [0.1, 0.15) is 0 Å². The van der Waals surface area contributed by atoms with Crippen molar-refractivity contribution in [2.75, 3.05) is 39.9 Å². The van der Waals surface area contributed by atoms with Crippen LogP contribution >= 0.6 is 0 Å². The summed E-state index contributed by atoms with van der Waals surface area (Å²) < 4.78 is 5.18. The first-order chi connectivity index (χ1) is 7.63. The van der Waals surface area contributed by atoms with Crippen LogP contribution in [0.15, 0.2) is 0 Å². The maximum Gasteiger partial charge on any atom is 0.0589 e. The van der Waals surface area contributed by atoms with Crippen LogP contribution in [0.25, 0.3) is 0 Å². The number of nitrogens with zero attached hydrogens (tertiary/aromatic N) is 1. The summed E-state index contributed by atoms with van der Waals surface area (Å²) in [5.41, 5.74) is 0. The molecule has 0 saturated carbocycles. The van der Waals surface area contributed by atoms with Gasteiger partial charge in [0.2, 0.25) is 0 Å². The van der Waals surface area contributed by atoms with Crippen molar-refractivity contribution in [3.8, 4) is 0 Å². The Hall–Kier alpha value is -0.120. The Kier molecular flexibility index (Phi) is 6.32. The maximum absolute atomic E-state index is 5.18. The van der Waals surface area contributed by atoms with Gasteiger partial charge < -0.3 is 10.1 Å². The van der Waals surface area contributed by atoms with E-state index < -0.39 is 0 Å². The molecule has 0 radical (unpaired) electrons. The number of rotatable bonds is 7. The largest absolute Gasteiger partial charge is 0.383 e. The summed E-state index contributed by atoms with van der Waals surface area (Å²) >= 11 is 0. The number of hydrogen-bond donors (Lipinski definition) is 1. The summed E-state index contributed by atoms with van der Waals surface area (Å²) in [6.45, 7) is 12.3. The molecule has 0 aromatic rings. The van der Waals surface area contributed by atoms with E-state index in [-0.39, 0.29) is 0 Å². The molecule has 1 saturated heterocycles. The van der Waals surface area contributed by atoms with Crippen LogP contribution in [0.3, 0.4) is 0 Å². The van der Waals surface area contributed by atoms with Crippen molar-refractivity contribution in [3.05, 3.63) is 0 Å². The van der Waals surface area contributed by atoms with Gasteiger partial charge >= 0.3 is 0 Å². The molecule has 0 aromatic carbocycles. The number of hydrogen-bond acceptors (Lipinski definition) is 3. The zero-order valence-corrected chi connectivity index (χ0v) is 11.3. The van der Waals surface area contributed by atoms with Crippen molar-refractivity contribution in [2.24, 2.45) is 11.8 Å². The molecule has 96 valence electrons. The third kappa shape index (κ3) is 4.81. The van der Waals surface area contributed by atoms with E-state index in [4.69, 9.17) is 4.74 Å². The summed E-state index contributed by atoms with van der Waals surface area (Å²) in [5.74, 6) is 1.55. The lowest BCUT2D eigenvalue weighted by atomic mass is 10.0. The van der Waals surface area contributed by atoms with Gasteiger partial charge in [-0.2, -0.15) is 0 Å². The highest BCUT2D eigenvalue weighted by atomic mass is 16.5. The molecule has 1 N–H and O–H groups in total. The summed E-state index contributed by atoms with van der Waals surface area (Å²) in [5, 5.41) is 3.60. The van der Waals surface area contributed by atoms with Gasteiger partial charge in [0.25, 0.3) is 0 Å². The SMILES string of the molecule is COCCN(CC(C)C)CC1NCCC1C. The number of methoxy groups -OCH3 is 1. The minimum atomic E-state index is 0.676. The van der Waals surface area contributed by atoms with Crippen molar-refractivity contribution in [2.45, 2.75) is 33.2 Å². The first-order valence-corrected chi connectivity index (χ1v) is 6.58. The predicted molar refractivity (Wildman–Crippen MR) is 68.7 cm³/mol. The van der Waals surface area contributed by atoms with Gasteiger partial charge in [-0.3, -0.25) is 4.90 Å². The fourth-order valence-electron chi connectivity index (χ4n) is 2.42. The fourth-order valence-corrected chi connectivity index (χ4v) is 2.42. The first-order valence-electron chi connectivity index (χ1n) is 6.58. The Morgan fingerprint density at radius 3 is 2.69 bits per heavy atom. The molecule has 1 aliphatic rings. The van der Waals surface area contributed by atoms with E-state index >= 15 is 0 Å². The van der Waals surface area contributed by atoms with Crippen LogP contribution in [0, 0.1) is 11.8 Å². The molecule has 1 rings (SSSR count). The van der Waals surface area contributed by atoms with Crippen molar-refractivity contribution in [1.29, 1.82) is 0 Å². The lowest BCUT2D eigenvalue weighted by Gasteiger charge is -2.28. The molecule has 2 unspecified atom stereocenters. The molecular formula is C13H28N2O. The third-order valence-electron chi connectivity index (χ3n) is 3.38. The Bertz CT molecular complexity index is 185. The molecule has 1 fully saturated rings. The highest BCUT2D eigenvalue weighted by Crippen LogP contribution is 2.15. The van der Waals surface area contributed by atoms with Gasteiger partial charge in [0, 0.05) is 32.8 Å². The van der Waals surface area contributed by atoms with Gasteiger partial charge in [-0.15, -0.1) is 0 Å². The lowest BCUT2D eigenvalue weighted by molar-refractivity contribution is 0.130. The Labute approximate surface area is 101 Å². The lowest BCUT2D eigenvalue weighted by Crippen LogP contribution is -2.42. The minimum Gasteiger partial charge on any atom is -0.383 e. The molecule has 0 aliphatic carbocycles. The summed E-state index contributed by atoms with van der Waals surface area (Å²) in [6, 6.07) is 0.676. The molecule has 2 atom stereocenters.